The molecule has 0 aromatic heterocycles. The zero-order valence-corrected chi connectivity index (χ0v) is 10.3. The summed E-state index contributed by atoms with van der Waals surface area (Å²) in [5.74, 6) is 0. The van der Waals surface area contributed by atoms with Crippen molar-refractivity contribution in [2.75, 3.05) is 24.2 Å². The molecule has 3 nitrogen and oxygen atoms in total. The topological polar surface area (TPSA) is 41.3 Å². The van der Waals surface area contributed by atoms with Crippen LogP contribution in [0.1, 0.15) is 19.3 Å². The number of hydrogen-bond donors (Lipinski definition) is 2. The maximum atomic E-state index is 5.90. The predicted molar refractivity (Wildman–Crippen MR) is 67.6 cm³/mol. The summed E-state index contributed by atoms with van der Waals surface area (Å²) in [6.07, 6.45) is 3.87. The molecule has 1 aromatic carbocycles. The minimum Gasteiger partial charge on any atom is -0.397 e. The third-order valence-corrected chi connectivity index (χ3v) is 3.14. The van der Waals surface area contributed by atoms with Gasteiger partial charge in [-0.2, -0.15) is 0 Å². The first-order chi connectivity index (χ1) is 7.25. The number of piperidine rings is 1. The molecule has 1 aliphatic heterocycles. The zero-order valence-electron chi connectivity index (χ0n) is 8.67. The van der Waals surface area contributed by atoms with E-state index in [1.54, 1.807) is 0 Å². The second-order valence-electron chi connectivity index (χ2n) is 3.89. The van der Waals surface area contributed by atoms with Crippen molar-refractivity contribution in [3.05, 3.63) is 22.7 Å². The molecular formula is C11H16BrN3. The SMILES string of the molecule is Nc1ccc(Br)cc1NN1CCCCC1. The van der Waals surface area contributed by atoms with Gasteiger partial charge in [0.2, 0.25) is 0 Å². The Bertz CT molecular complexity index is 335. The predicted octanol–water partition coefficient (Wildman–Crippen LogP) is 2.84. The van der Waals surface area contributed by atoms with Gasteiger partial charge in [0, 0.05) is 17.6 Å². The fraction of sp³-hybridized carbons (Fsp3) is 0.455. The first kappa shape index (κ1) is 10.8. The van der Waals surface area contributed by atoms with E-state index in [4.69, 9.17) is 5.73 Å². The van der Waals surface area contributed by atoms with Gasteiger partial charge in [-0.05, 0) is 31.0 Å². The van der Waals surface area contributed by atoms with Crippen LogP contribution >= 0.6 is 15.9 Å². The number of nitrogen functional groups attached to an aromatic ring is 1. The molecule has 0 radical (unpaired) electrons. The second-order valence-corrected chi connectivity index (χ2v) is 4.81. The molecule has 3 N–H and O–H groups in total. The van der Waals surface area contributed by atoms with E-state index >= 15 is 0 Å². The number of hydrazine groups is 1. The van der Waals surface area contributed by atoms with E-state index in [-0.39, 0.29) is 0 Å². The molecular weight excluding hydrogens is 254 g/mol. The van der Waals surface area contributed by atoms with E-state index in [1.165, 1.54) is 19.3 Å². The second kappa shape index (κ2) is 4.86. The molecule has 0 saturated carbocycles. The number of halogens is 1. The van der Waals surface area contributed by atoms with Gasteiger partial charge in [0.15, 0.2) is 0 Å². The van der Waals surface area contributed by atoms with Gasteiger partial charge >= 0.3 is 0 Å². The Morgan fingerprint density at radius 3 is 2.67 bits per heavy atom. The lowest BCUT2D eigenvalue weighted by atomic mass is 10.2. The molecule has 0 aliphatic carbocycles. The molecule has 0 atom stereocenters. The van der Waals surface area contributed by atoms with Crippen LogP contribution in [0.3, 0.4) is 0 Å². The highest BCUT2D eigenvalue weighted by Crippen LogP contribution is 2.24. The van der Waals surface area contributed by atoms with E-state index in [9.17, 15) is 0 Å². The maximum Gasteiger partial charge on any atom is 0.0731 e. The van der Waals surface area contributed by atoms with Crippen molar-refractivity contribution in [2.45, 2.75) is 19.3 Å². The number of anilines is 2. The Kier molecular flexibility index (Phi) is 3.49. The van der Waals surface area contributed by atoms with Crippen molar-refractivity contribution in [2.24, 2.45) is 0 Å². The summed E-state index contributed by atoms with van der Waals surface area (Å²) in [6.45, 7) is 2.21. The Hall–Kier alpha value is -0.740. The number of nitrogens with zero attached hydrogens (tertiary/aromatic N) is 1. The number of nitrogens with two attached hydrogens (primary N) is 1. The molecule has 2 rings (SSSR count). The lowest BCUT2D eigenvalue weighted by Crippen LogP contribution is -2.35. The van der Waals surface area contributed by atoms with Crippen molar-refractivity contribution < 1.29 is 0 Å². The normalized spacial score (nSPS) is 17.7. The Morgan fingerprint density at radius 2 is 1.93 bits per heavy atom. The van der Waals surface area contributed by atoms with E-state index in [1.807, 2.05) is 18.2 Å². The van der Waals surface area contributed by atoms with E-state index < -0.39 is 0 Å². The fourth-order valence-corrected chi connectivity index (χ4v) is 2.16. The first-order valence-electron chi connectivity index (χ1n) is 5.32. The van der Waals surface area contributed by atoms with Crippen molar-refractivity contribution in [3.63, 3.8) is 0 Å². The Morgan fingerprint density at radius 1 is 1.20 bits per heavy atom. The monoisotopic (exact) mass is 269 g/mol. The molecule has 82 valence electrons. The van der Waals surface area contributed by atoms with Gasteiger partial charge in [0.05, 0.1) is 11.4 Å². The zero-order chi connectivity index (χ0) is 10.7. The van der Waals surface area contributed by atoms with Crippen LogP contribution in [0, 0.1) is 0 Å². The Balaban J connectivity index is 2.05. The summed E-state index contributed by atoms with van der Waals surface area (Å²) < 4.78 is 1.05. The first-order valence-corrected chi connectivity index (χ1v) is 6.11. The lowest BCUT2D eigenvalue weighted by molar-refractivity contribution is 0.273. The molecule has 0 amide bonds. The molecule has 0 bridgehead atoms. The third kappa shape index (κ3) is 2.86. The van der Waals surface area contributed by atoms with E-state index in [0.717, 1.165) is 28.9 Å². The third-order valence-electron chi connectivity index (χ3n) is 2.65. The minimum atomic E-state index is 0.795. The summed E-state index contributed by atoms with van der Waals surface area (Å²) in [5, 5.41) is 2.24. The molecule has 1 aliphatic rings. The number of hydrogen-bond acceptors (Lipinski definition) is 3. The number of benzene rings is 1. The maximum absolute atomic E-state index is 5.90. The minimum absolute atomic E-state index is 0.795. The lowest BCUT2D eigenvalue weighted by Gasteiger charge is -2.28. The summed E-state index contributed by atoms with van der Waals surface area (Å²) in [6, 6.07) is 5.89. The van der Waals surface area contributed by atoms with Crippen molar-refractivity contribution in [1.82, 2.24) is 5.01 Å². The smallest absolute Gasteiger partial charge is 0.0731 e. The van der Waals surface area contributed by atoms with Gasteiger partial charge in [-0.15, -0.1) is 0 Å². The quantitative estimate of drug-likeness (QED) is 0.812. The molecule has 1 heterocycles. The van der Waals surface area contributed by atoms with E-state index in [0.29, 0.717) is 0 Å². The standard InChI is InChI=1S/C11H16BrN3/c12-9-4-5-10(13)11(8-9)14-15-6-2-1-3-7-15/h4-5,8,14H,1-3,6-7,13H2. The summed E-state index contributed by atoms with van der Waals surface area (Å²) in [5.41, 5.74) is 11.1. The number of nitrogens with one attached hydrogen (secondary N) is 1. The summed E-state index contributed by atoms with van der Waals surface area (Å²) in [7, 11) is 0. The molecule has 1 fully saturated rings. The van der Waals surface area contributed by atoms with Gasteiger partial charge in [-0.3, -0.25) is 0 Å². The molecule has 1 saturated heterocycles. The largest absolute Gasteiger partial charge is 0.397 e. The van der Waals surface area contributed by atoms with Crippen LogP contribution in [0.5, 0.6) is 0 Å². The van der Waals surface area contributed by atoms with Gasteiger partial charge in [0.25, 0.3) is 0 Å². The highest BCUT2D eigenvalue weighted by Gasteiger charge is 2.10. The highest BCUT2D eigenvalue weighted by molar-refractivity contribution is 9.10. The Labute approximate surface area is 98.7 Å². The average molecular weight is 270 g/mol. The summed E-state index contributed by atoms with van der Waals surface area (Å²) >= 11 is 3.45. The van der Waals surface area contributed by atoms with Crippen LogP contribution in [0.2, 0.25) is 0 Å². The van der Waals surface area contributed by atoms with Crippen LogP contribution in [-0.2, 0) is 0 Å². The molecule has 0 spiro atoms. The highest BCUT2D eigenvalue weighted by atomic mass is 79.9. The van der Waals surface area contributed by atoms with Gasteiger partial charge < -0.3 is 11.2 Å². The van der Waals surface area contributed by atoms with Crippen LogP contribution in [0.25, 0.3) is 0 Å². The van der Waals surface area contributed by atoms with Gasteiger partial charge in [0.1, 0.15) is 0 Å². The van der Waals surface area contributed by atoms with E-state index in [2.05, 4.69) is 26.4 Å². The van der Waals surface area contributed by atoms with Crippen molar-refractivity contribution >= 4 is 27.3 Å². The summed E-state index contributed by atoms with van der Waals surface area (Å²) in [4.78, 5) is 0. The van der Waals surface area contributed by atoms with Gasteiger partial charge in [-0.1, -0.05) is 22.4 Å². The van der Waals surface area contributed by atoms with Crippen molar-refractivity contribution in [1.29, 1.82) is 0 Å². The molecule has 0 unspecified atom stereocenters. The van der Waals surface area contributed by atoms with Crippen LogP contribution in [-0.4, -0.2) is 18.1 Å². The van der Waals surface area contributed by atoms with Crippen molar-refractivity contribution in [3.8, 4) is 0 Å². The molecule has 4 heteroatoms. The van der Waals surface area contributed by atoms with Crippen LogP contribution in [0.15, 0.2) is 22.7 Å². The molecule has 15 heavy (non-hydrogen) atoms. The van der Waals surface area contributed by atoms with Crippen LogP contribution < -0.4 is 11.2 Å². The average Bonchev–Trinajstić information content (AvgIpc) is 2.25. The van der Waals surface area contributed by atoms with Gasteiger partial charge in [-0.25, -0.2) is 5.01 Å². The fourth-order valence-electron chi connectivity index (χ4n) is 1.80. The number of rotatable bonds is 2. The van der Waals surface area contributed by atoms with Crippen LogP contribution in [0.4, 0.5) is 11.4 Å². The molecule has 1 aromatic rings.